The minimum absolute atomic E-state index is 0.165. The number of imidazole rings is 1. The van der Waals surface area contributed by atoms with Crippen LogP contribution in [0.5, 0.6) is 0 Å². The van der Waals surface area contributed by atoms with Gasteiger partial charge < -0.3 is 9.97 Å². The van der Waals surface area contributed by atoms with E-state index in [2.05, 4.69) is 28.2 Å². The van der Waals surface area contributed by atoms with Crippen LogP contribution in [0.15, 0.2) is 115 Å². The predicted molar refractivity (Wildman–Crippen MR) is 172 cm³/mol. The summed E-state index contributed by atoms with van der Waals surface area (Å²) in [5.74, 6) is 0.977. The first-order valence-electron chi connectivity index (χ1n) is 14.4. The molecule has 0 aliphatic carbocycles. The number of aromatic amines is 2. The van der Waals surface area contributed by atoms with Gasteiger partial charge in [0.25, 0.3) is 0 Å². The molecule has 44 heavy (non-hydrogen) atoms. The molecular formula is C35H23N9. The number of rotatable bonds is 2. The fourth-order valence-corrected chi connectivity index (χ4v) is 5.86. The zero-order valence-electron chi connectivity index (χ0n) is 23.3. The van der Waals surface area contributed by atoms with E-state index in [0.29, 0.717) is 45.3 Å². The molecule has 5 heterocycles. The number of aromatic nitrogens is 9. The van der Waals surface area contributed by atoms with Crippen molar-refractivity contribution in [3.8, 4) is 5.69 Å². The number of hydrogen-bond acceptors (Lipinski definition) is 6. The first-order chi connectivity index (χ1) is 21.8. The highest BCUT2D eigenvalue weighted by Crippen LogP contribution is 2.28. The van der Waals surface area contributed by atoms with Crippen LogP contribution in [-0.2, 0) is 0 Å². The Morgan fingerprint density at radius 1 is 0.500 bits per heavy atom. The number of para-hydroxylation sites is 1. The Bertz CT molecular complexity index is 2560. The molecule has 0 fully saturated rings. The topological polar surface area (TPSA) is 114 Å². The summed E-state index contributed by atoms with van der Waals surface area (Å²) in [5.41, 5.74) is 5.78. The molecule has 0 saturated carbocycles. The minimum atomic E-state index is -0.165. The van der Waals surface area contributed by atoms with Crippen LogP contribution in [0, 0.1) is 0 Å². The lowest BCUT2D eigenvalue weighted by atomic mass is 9.99. The Labute approximate surface area is 249 Å². The lowest BCUT2D eigenvalue weighted by Crippen LogP contribution is -2.05. The molecule has 0 radical (unpaired) electrons. The van der Waals surface area contributed by atoms with Crippen molar-refractivity contribution in [3.63, 3.8) is 0 Å². The highest BCUT2D eigenvalue weighted by atomic mass is 15.2. The number of nitrogens with zero attached hydrogens (tertiary/aromatic N) is 7. The van der Waals surface area contributed by atoms with Crippen molar-refractivity contribution in [3.05, 3.63) is 132 Å². The second kappa shape index (κ2) is 9.67. The zero-order valence-corrected chi connectivity index (χ0v) is 23.3. The number of fused-ring (bicyclic) bond motifs is 14. The smallest absolute Gasteiger partial charge is 0.238 e. The molecule has 8 aromatic rings. The van der Waals surface area contributed by atoms with Crippen LogP contribution in [0.1, 0.15) is 17.3 Å². The average molecular weight is 570 g/mol. The minimum Gasteiger partial charge on any atom is -0.324 e. The van der Waals surface area contributed by atoms with Gasteiger partial charge in [0, 0.05) is 27.2 Å². The van der Waals surface area contributed by atoms with Crippen LogP contribution in [0.2, 0.25) is 0 Å². The largest absolute Gasteiger partial charge is 0.324 e. The van der Waals surface area contributed by atoms with E-state index in [4.69, 9.17) is 29.9 Å². The normalized spacial score (nSPS) is 13.9. The van der Waals surface area contributed by atoms with Gasteiger partial charge in [-0.15, -0.1) is 0 Å². The lowest BCUT2D eigenvalue weighted by Gasteiger charge is -2.06. The van der Waals surface area contributed by atoms with Crippen LogP contribution in [0.4, 0.5) is 0 Å². The first kappa shape index (κ1) is 24.4. The van der Waals surface area contributed by atoms with Crippen LogP contribution in [0.3, 0.4) is 0 Å². The first-order valence-corrected chi connectivity index (χ1v) is 14.4. The molecule has 0 amide bonds. The molecule has 1 atom stereocenters. The maximum absolute atomic E-state index is 5.10. The number of benzene rings is 4. The summed E-state index contributed by atoms with van der Waals surface area (Å²) >= 11 is 0. The molecule has 4 aromatic heterocycles. The third-order valence-corrected chi connectivity index (χ3v) is 7.93. The van der Waals surface area contributed by atoms with E-state index in [1.54, 1.807) is 0 Å². The second-order valence-electron chi connectivity index (χ2n) is 10.7. The Balaban J connectivity index is 1.46. The fourth-order valence-electron chi connectivity index (χ4n) is 5.86. The van der Waals surface area contributed by atoms with E-state index in [1.165, 1.54) is 0 Å². The molecule has 4 aromatic carbocycles. The van der Waals surface area contributed by atoms with Gasteiger partial charge in [0.05, 0.1) is 12.1 Å². The molecule has 1 aliphatic rings. The van der Waals surface area contributed by atoms with Crippen LogP contribution in [-0.4, -0.2) is 44.4 Å². The van der Waals surface area contributed by atoms with Gasteiger partial charge in [0.1, 0.15) is 28.4 Å². The fraction of sp³-hybridized carbons (Fsp3) is 0.0286. The quantitative estimate of drug-likeness (QED) is 0.258. The van der Waals surface area contributed by atoms with Gasteiger partial charge >= 0.3 is 0 Å². The molecule has 1 aliphatic heterocycles. The number of nitrogens with one attached hydrogen (secondary N) is 2. The highest BCUT2D eigenvalue weighted by Gasteiger charge is 2.20. The van der Waals surface area contributed by atoms with Crippen molar-refractivity contribution in [2.45, 2.75) is 5.92 Å². The number of hydrogen-bond donors (Lipinski definition) is 2. The summed E-state index contributed by atoms with van der Waals surface area (Å²) < 4.78 is 1.94. The summed E-state index contributed by atoms with van der Waals surface area (Å²) in [6.45, 7) is 0. The van der Waals surface area contributed by atoms with Gasteiger partial charge in [0.15, 0.2) is 11.1 Å². The molecule has 208 valence electrons. The third-order valence-electron chi connectivity index (χ3n) is 7.93. The van der Waals surface area contributed by atoms with Crippen LogP contribution < -0.4 is 5.48 Å². The molecule has 1 unspecified atom stereocenters. The van der Waals surface area contributed by atoms with Crippen molar-refractivity contribution in [2.24, 2.45) is 0 Å². The summed E-state index contributed by atoms with van der Waals surface area (Å²) in [6, 6.07) is 36.4. The molecule has 0 saturated heterocycles. The predicted octanol–water partition coefficient (Wildman–Crippen LogP) is 6.16. The maximum atomic E-state index is 5.10. The molecule has 2 N–H and O–H groups in total. The Morgan fingerprint density at radius 2 is 1.05 bits per heavy atom. The summed E-state index contributed by atoms with van der Waals surface area (Å²) in [5, 5.41) is 3.76. The van der Waals surface area contributed by atoms with E-state index in [-0.39, 0.29) is 5.92 Å². The maximum Gasteiger partial charge on any atom is 0.238 e. The highest BCUT2D eigenvalue weighted by molar-refractivity contribution is 6.05. The monoisotopic (exact) mass is 569 g/mol. The van der Waals surface area contributed by atoms with Crippen molar-refractivity contribution < 1.29 is 0 Å². The molecular weight excluding hydrogens is 546 g/mol. The molecule has 9 nitrogen and oxygen atoms in total. The van der Waals surface area contributed by atoms with Gasteiger partial charge in [-0.3, -0.25) is 4.57 Å². The molecule has 9 heteroatoms. The zero-order chi connectivity index (χ0) is 29.0. The van der Waals surface area contributed by atoms with Gasteiger partial charge in [-0.2, -0.15) is 9.97 Å². The molecule has 8 bridgehead atoms. The SMILES string of the molecule is C1=c2nc(nc3[nH]c(nc4cn(-c5ccccc5)c(n4)nc4[nH]c(n2)c2ccccc42)c2ccccc32)C1c1ccccc1. The van der Waals surface area contributed by atoms with E-state index < -0.39 is 0 Å². The van der Waals surface area contributed by atoms with Crippen molar-refractivity contribution >= 4 is 61.6 Å². The van der Waals surface area contributed by atoms with Crippen molar-refractivity contribution in [2.75, 3.05) is 0 Å². The van der Waals surface area contributed by atoms with E-state index in [9.17, 15) is 0 Å². The van der Waals surface area contributed by atoms with Crippen molar-refractivity contribution in [1.82, 2.24) is 44.4 Å². The van der Waals surface area contributed by atoms with Crippen LogP contribution in [0.25, 0.3) is 67.3 Å². The molecule has 9 rings (SSSR count). The average Bonchev–Trinajstić information content (AvgIpc) is 3.83. The third kappa shape index (κ3) is 4.02. The standard InChI is InChI=1S/C35H23N9/c1-3-11-21(12-4-1)27-19-28-36-30-24-16-8-10-18-26(24)33(41-30)43-35-39-29(20-44(35)22-13-5-2-6-14-22)38-31-23-15-7-9-17-25(23)32(40-31)42-34(27)37-28/h1-20,27H,(H,36,39,41,43)(H,37,38,40,42). The van der Waals surface area contributed by atoms with Gasteiger partial charge in [-0.1, -0.05) is 97.1 Å². The number of H-pyrrole nitrogens is 2. The molecule has 0 spiro atoms. The lowest BCUT2D eigenvalue weighted by molar-refractivity contribution is 0.955. The summed E-state index contributed by atoms with van der Waals surface area (Å²) in [6.07, 6.45) is 3.96. The Kier molecular flexibility index (Phi) is 5.36. The van der Waals surface area contributed by atoms with Gasteiger partial charge in [-0.25, -0.2) is 19.9 Å². The summed E-state index contributed by atoms with van der Waals surface area (Å²) in [4.78, 5) is 36.9. The van der Waals surface area contributed by atoms with Gasteiger partial charge in [0.2, 0.25) is 5.78 Å². The summed E-state index contributed by atoms with van der Waals surface area (Å²) in [7, 11) is 0. The second-order valence-corrected chi connectivity index (χ2v) is 10.7. The van der Waals surface area contributed by atoms with E-state index in [0.717, 1.165) is 32.8 Å². The van der Waals surface area contributed by atoms with Crippen molar-refractivity contribution in [1.29, 1.82) is 0 Å². The Hall–Kier alpha value is -6.22. The van der Waals surface area contributed by atoms with E-state index in [1.807, 2.05) is 108 Å². The Morgan fingerprint density at radius 3 is 1.70 bits per heavy atom. The van der Waals surface area contributed by atoms with Crippen LogP contribution >= 0.6 is 0 Å². The van der Waals surface area contributed by atoms with E-state index >= 15 is 0 Å². The van der Waals surface area contributed by atoms with Gasteiger partial charge in [-0.05, 0) is 23.8 Å².